The molecule has 2 aliphatic heterocycles. The molecule has 3 aliphatic rings. The summed E-state index contributed by atoms with van der Waals surface area (Å²) < 4.78 is 5.90. The minimum Gasteiger partial charge on any atom is -0.494 e. The number of ether oxygens (including phenoxy) is 1. The molecule has 1 aromatic carbocycles. The van der Waals surface area contributed by atoms with E-state index in [1.807, 2.05) is 0 Å². The van der Waals surface area contributed by atoms with Crippen LogP contribution in [0.3, 0.4) is 0 Å². The SMILES string of the molecule is CCOc1ccccc1[C@@H]1CCCN1C1CC2(CCNCC2)C1. The lowest BCUT2D eigenvalue weighted by atomic mass is 9.60. The number of nitrogens with zero attached hydrogens (tertiary/aromatic N) is 1. The van der Waals surface area contributed by atoms with Crippen LogP contribution in [0.2, 0.25) is 0 Å². The van der Waals surface area contributed by atoms with Crippen molar-refractivity contribution in [2.24, 2.45) is 5.41 Å². The van der Waals surface area contributed by atoms with Crippen LogP contribution in [-0.4, -0.2) is 37.2 Å². The van der Waals surface area contributed by atoms with Crippen molar-refractivity contribution in [1.29, 1.82) is 0 Å². The van der Waals surface area contributed by atoms with Crippen molar-refractivity contribution < 1.29 is 4.74 Å². The Morgan fingerprint density at radius 3 is 2.78 bits per heavy atom. The van der Waals surface area contributed by atoms with E-state index < -0.39 is 0 Å². The minimum atomic E-state index is 0.571. The van der Waals surface area contributed by atoms with Gasteiger partial charge in [0.1, 0.15) is 5.75 Å². The van der Waals surface area contributed by atoms with E-state index in [1.165, 1.54) is 63.7 Å². The molecule has 1 N–H and O–H groups in total. The summed E-state index contributed by atoms with van der Waals surface area (Å²) in [5.74, 6) is 1.10. The van der Waals surface area contributed by atoms with E-state index in [0.717, 1.165) is 18.4 Å². The molecule has 1 atom stereocenters. The molecule has 1 spiro atoms. The fourth-order valence-electron chi connectivity index (χ4n) is 5.14. The van der Waals surface area contributed by atoms with Gasteiger partial charge in [0.2, 0.25) is 0 Å². The first kappa shape index (κ1) is 15.5. The van der Waals surface area contributed by atoms with Crippen LogP contribution in [0.1, 0.15) is 57.1 Å². The quantitative estimate of drug-likeness (QED) is 0.916. The van der Waals surface area contributed by atoms with Crippen LogP contribution >= 0.6 is 0 Å². The zero-order valence-corrected chi connectivity index (χ0v) is 14.4. The van der Waals surface area contributed by atoms with Crippen LogP contribution in [0.25, 0.3) is 0 Å². The highest BCUT2D eigenvalue weighted by molar-refractivity contribution is 5.36. The first-order valence-electron chi connectivity index (χ1n) is 9.49. The third-order valence-electron chi connectivity index (χ3n) is 6.34. The van der Waals surface area contributed by atoms with Crippen LogP contribution in [0, 0.1) is 5.41 Å². The van der Waals surface area contributed by atoms with Gasteiger partial charge in [-0.2, -0.15) is 0 Å². The van der Waals surface area contributed by atoms with E-state index in [4.69, 9.17) is 4.74 Å². The summed E-state index contributed by atoms with van der Waals surface area (Å²) in [5.41, 5.74) is 2.08. The molecular formula is C20H30N2O. The smallest absolute Gasteiger partial charge is 0.124 e. The van der Waals surface area contributed by atoms with E-state index in [-0.39, 0.29) is 0 Å². The normalized spacial score (nSPS) is 28.0. The van der Waals surface area contributed by atoms with Crippen LogP contribution in [0.5, 0.6) is 5.75 Å². The van der Waals surface area contributed by atoms with Crippen LogP contribution in [0.15, 0.2) is 24.3 Å². The number of para-hydroxylation sites is 1. The molecule has 4 rings (SSSR count). The van der Waals surface area contributed by atoms with E-state index in [9.17, 15) is 0 Å². The minimum absolute atomic E-state index is 0.571. The van der Waals surface area contributed by atoms with Crippen molar-refractivity contribution >= 4 is 0 Å². The molecule has 3 heteroatoms. The Morgan fingerprint density at radius 1 is 1.22 bits per heavy atom. The van der Waals surface area contributed by atoms with Crippen molar-refractivity contribution in [3.05, 3.63) is 29.8 Å². The lowest BCUT2D eigenvalue weighted by Gasteiger charge is -2.54. The van der Waals surface area contributed by atoms with Crippen molar-refractivity contribution in [2.75, 3.05) is 26.2 Å². The Hall–Kier alpha value is -1.06. The second-order valence-corrected chi connectivity index (χ2v) is 7.68. The molecular weight excluding hydrogens is 284 g/mol. The Kier molecular flexibility index (Phi) is 4.33. The zero-order chi connectivity index (χ0) is 15.7. The number of benzene rings is 1. The number of piperidine rings is 1. The van der Waals surface area contributed by atoms with Gasteiger partial charge in [-0.05, 0) is 76.6 Å². The molecule has 2 saturated heterocycles. The van der Waals surface area contributed by atoms with Crippen molar-refractivity contribution in [3.8, 4) is 5.75 Å². The van der Waals surface area contributed by atoms with E-state index in [2.05, 4.69) is 41.4 Å². The van der Waals surface area contributed by atoms with Gasteiger partial charge < -0.3 is 10.1 Å². The molecule has 1 aliphatic carbocycles. The predicted molar refractivity (Wildman–Crippen MR) is 93.9 cm³/mol. The lowest BCUT2D eigenvalue weighted by Crippen LogP contribution is -2.54. The summed E-state index contributed by atoms with van der Waals surface area (Å²) in [6.45, 7) is 6.55. The maximum Gasteiger partial charge on any atom is 0.124 e. The van der Waals surface area contributed by atoms with E-state index >= 15 is 0 Å². The maximum absolute atomic E-state index is 5.90. The molecule has 2 heterocycles. The van der Waals surface area contributed by atoms with Gasteiger partial charge in [0, 0.05) is 17.6 Å². The summed E-state index contributed by atoms with van der Waals surface area (Å²) in [7, 11) is 0. The molecule has 0 radical (unpaired) electrons. The summed E-state index contributed by atoms with van der Waals surface area (Å²) in [6.07, 6.45) is 8.23. The number of rotatable bonds is 4. The molecule has 3 nitrogen and oxygen atoms in total. The maximum atomic E-state index is 5.90. The second kappa shape index (κ2) is 6.45. The van der Waals surface area contributed by atoms with Crippen molar-refractivity contribution in [1.82, 2.24) is 10.2 Å². The average Bonchev–Trinajstić information content (AvgIpc) is 3.03. The van der Waals surface area contributed by atoms with Crippen LogP contribution in [-0.2, 0) is 0 Å². The lowest BCUT2D eigenvalue weighted by molar-refractivity contribution is -0.0266. The number of hydrogen-bond donors (Lipinski definition) is 1. The standard InChI is InChI=1S/C20H30N2O/c1-2-23-19-8-4-3-6-17(19)18-7-5-13-22(18)16-14-20(15-16)9-11-21-12-10-20/h3-4,6,8,16,18,21H,2,5,7,9-15H2,1H3/t18-/m0/s1. The zero-order valence-electron chi connectivity index (χ0n) is 14.4. The molecule has 1 saturated carbocycles. The van der Waals surface area contributed by atoms with Gasteiger partial charge in [0.25, 0.3) is 0 Å². The summed E-state index contributed by atoms with van der Waals surface area (Å²) >= 11 is 0. The molecule has 0 aromatic heterocycles. The monoisotopic (exact) mass is 314 g/mol. The summed E-state index contributed by atoms with van der Waals surface area (Å²) in [4.78, 5) is 2.80. The number of likely N-dealkylation sites (tertiary alicyclic amines) is 1. The van der Waals surface area contributed by atoms with Crippen molar-refractivity contribution in [3.63, 3.8) is 0 Å². The highest BCUT2D eigenvalue weighted by Gasteiger charge is 2.49. The molecule has 126 valence electrons. The topological polar surface area (TPSA) is 24.5 Å². The molecule has 23 heavy (non-hydrogen) atoms. The van der Waals surface area contributed by atoms with Gasteiger partial charge in [0.15, 0.2) is 0 Å². The summed E-state index contributed by atoms with van der Waals surface area (Å²) in [5, 5.41) is 3.52. The number of nitrogens with one attached hydrogen (secondary N) is 1. The first-order valence-corrected chi connectivity index (χ1v) is 9.49. The molecule has 0 amide bonds. The number of hydrogen-bond acceptors (Lipinski definition) is 3. The van der Waals surface area contributed by atoms with Gasteiger partial charge in [0.05, 0.1) is 6.61 Å². The van der Waals surface area contributed by atoms with Gasteiger partial charge >= 0.3 is 0 Å². The third-order valence-corrected chi connectivity index (χ3v) is 6.34. The van der Waals surface area contributed by atoms with Crippen molar-refractivity contribution in [2.45, 2.75) is 57.5 Å². The van der Waals surface area contributed by atoms with Crippen LogP contribution < -0.4 is 10.1 Å². The largest absolute Gasteiger partial charge is 0.494 e. The molecule has 0 unspecified atom stereocenters. The van der Waals surface area contributed by atoms with Gasteiger partial charge in [-0.3, -0.25) is 4.90 Å². The molecule has 1 aromatic rings. The third kappa shape index (κ3) is 2.89. The van der Waals surface area contributed by atoms with E-state index in [1.54, 1.807) is 0 Å². The Morgan fingerprint density at radius 2 is 2.00 bits per heavy atom. The summed E-state index contributed by atoms with van der Waals surface area (Å²) in [6, 6.07) is 10.1. The molecule has 3 fully saturated rings. The average molecular weight is 314 g/mol. The molecule has 0 bridgehead atoms. The Labute approximate surface area is 140 Å². The Balaban J connectivity index is 1.48. The highest BCUT2D eigenvalue weighted by Crippen LogP contribution is 2.53. The van der Waals surface area contributed by atoms with Crippen LogP contribution in [0.4, 0.5) is 0 Å². The highest BCUT2D eigenvalue weighted by atomic mass is 16.5. The fraction of sp³-hybridized carbons (Fsp3) is 0.700. The predicted octanol–water partition coefficient (Wildman–Crippen LogP) is 3.75. The second-order valence-electron chi connectivity index (χ2n) is 7.68. The van der Waals surface area contributed by atoms with Gasteiger partial charge in [-0.25, -0.2) is 0 Å². The Bertz CT molecular complexity index is 530. The first-order chi connectivity index (χ1) is 11.3. The van der Waals surface area contributed by atoms with Gasteiger partial charge in [-0.15, -0.1) is 0 Å². The van der Waals surface area contributed by atoms with Gasteiger partial charge in [-0.1, -0.05) is 18.2 Å². The van der Waals surface area contributed by atoms with E-state index in [0.29, 0.717) is 11.5 Å². The fourth-order valence-corrected chi connectivity index (χ4v) is 5.14.